The van der Waals surface area contributed by atoms with Crippen LogP contribution in [0.15, 0.2) is 55.1 Å². The molecular formula is C17H18N2O2. The Morgan fingerprint density at radius 3 is 2.57 bits per heavy atom. The van der Waals surface area contributed by atoms with E-state index in [9.17, 15) is 10.1 Å². The minimum Gasteiger partial charge on any atom is -0.309 e. The zero-order chi connectivity index (χ0) is 15.2. The highest BCUT2D eigenvalue weighted by Crippen LogP contribution is 2.21. The normalized spacial score (nSPS) is 10.3. The molecule has 2 rings (SSSR count). The Hall–Kier alpha value is -2.46. The summed E-state index contributed by atoms with van der Waals surface area (Å²) in [7, 11) is 0. The third-order valence-electron chi connectivity index (χ3n) is 3.45. The van der Waals surface area contributed by atoms with E-state index >= 15 is 0 Å². The maximum Gasteiger partial charge on any atom is 0.272 e. The van der Waals surface area contributed by atoms with Crippen molar-refractivity contribution in [2.45, 2.75) is 13.5 Å². The third-order valence-corrected chi connectivity index (χ3v) is 3.45. The molecule has 0 bridgehead atoms. The van der Waals surface area contributed by atoms with Crippen molar-refractivity contribution in [1.82, 2.24) is 5.32 Å². The average Bonchev–Trinajstić information content (AvgIpc) is 2.49. The molecule has 108 valence electrons. The van der Waals surface area contributed by atoms with Crippen molar-refractivity contribution in [2.24, 2.45) is 0 Å². The largest absolute Gasteiger partial charge is 0.309 e. The van der Waals surface area contributed by atoms with Crippen LogP contribution in [0.2, 0.25) is 0 Å². The molecule has 0 saturated heterocycles. The Morgan fingerprint density at radius 1 is 1.19 bits per heavy atom. The number of hydrogen-bond donors (Lipinski definition) is 1. The SMILES string of the molecule is C=C(CNCc1cccc([N+](=O)[O-])c1C)c1ccccc1. The fourth-order valence-electron chi connectivity index (χ4n) is 2.18. The molecule has 4 heteroatoms. The molecular weight excluding hydrogens is 264 g/mol. The Kier molecular flexibility index (Phi) is 4.85. The van der Waals surface area contributed by atoms with E-state index in [1.165, 1.54) is 6.07 Å². The van der Waals surface area contributed by atoms with Crippen LogP contribution < -0.4 is 5.32 Å². The molecule has 0 unspecified atom stereocenters. The van der Waals surface area contributed by atoms with Crippen LogP contribution in [0.1, 0.15) is 16.7 Å². The Labute approximate surface area is 124 Å². The van der Waals surface area contributed by atoms with Gasteiger partial charge in [0.05, 0.1) is 4.92 Å². The van der Waals surface area contributed by atoms with Crippen molar-refractivity contribution in [3.8, 4) is 0 Å². The first kappa shape index (κ1) is 14.9. The Bertz CT molecular complexity index is 651. The van der Waals surface area contributed by atoms with Gasteiger partial charge in [0, 0.05) is 24.7 Å². The summed E-state index contributed by atoms with van der Waals surface area (Å²) in [4.78, 5) is 10.6. The zero-order valence-electron chi connectivity index (χ0n) is 12.0. The van der Waals surface area contributed by atoms with Crippen LogP contribution in [0.5, 0.6) is 0 Å². The molecule has 0 aliphatic rings. The topological polar surface area (TPSA) is 55.2 Å². The number of nitro benzene ring substituents is 1. The van der Waals surface area contributed by atoms with E-state index in [4.69, 9.17) is 0 Å². The highest BCUT2D eigenvalue weighted by Gasteiger charge is 2.12. The second kappa shape index (κ2) is 6.81. The summed E-state index contributed by atoms with van der Waals surface area (Å²) in [6.45, 7) is 7.06. The van der Waals surface area contributed by atoms with E-state index < -0.39 is 0 Å². The molecule has 0 amide bonds. The average molecular weight is 282 g/mol. The summed E-state index contributed by atoms with van der Waals surface area (Å²) >= 11 is 0. The van der Waals surface area contributed by atoms with E-state index in [0.29, 0.717) is 18.7 Å². The Balaban J connectivity index is 1.97. The van der Waals surface area contributed by atoms with Gasteiger partial charge < -0.3 is 5.32 Å². The lowest BCUT2D eigenvalue weighted by Crippen LogP contribution is -2.16. The van der Waals surface area contributed by atoms with Gasteiger partial charge in [-0.2, -0.15) is 0 Å². The van der Waals surface area contributed by atoms with Gasteiger partial charge in [-0.05, 0) is 23.6 Å². The predicted molar refractivity (Wildman–Crippen MR) is 85.0 cm³/mol. The lowest BCUT2D eigenvalue weighted by molar-refractivity contribution is -0.385. The number of nitrogens with one attached hydrogen (secondary N) is 1. The number of nitro groups is 1. The quantitative estimate of drug-likeness (QED) is 0.649. The first-order valence-electron chi connectivity index (χ1n) is 6.76. The van der Waals surface area contributed by atoms with Gasteiger partial charge >= 0.3 is 0 Å². The second-order valence-electron chi connectivity index (χ2n) is 4.89. The molecule has 0 fully saturated rings. The molecule has 4 nitrogen and oxygen atoms in total. The maximum absolute atomic E-state index is 10.9. The number of benzene rings is 2. The van der Waals surface area contributed by atoms with Crippen LogP contribution in [0.4, 0.5) is 5.69 Å². The van der Waals surface area contributed by atoms with Gasteiger partial charge in [-0.25, -0.2) is 0 Å². The van der Waals surface area contributed by atoms with E-state index in [0.717, 1.165) is 16.7 Å². The number of nitrogens with zero attached hydrogens (tertiary/aromatic N) is 1. The van der Waals surface area contributed by atoms with E-state index in [-0.39, 0.29) is 10.6 Å². The predicted octanol–water partition coefficient (Wildman–Crippen LogP) is 3.71. The van der Waals surface area contributed by atoms with Crippen molar-refractivity contribution in [3.63, 3.8) is 0 Å². The first-order valence-corrected chi connectivity index (χ1v) is 6.76. The molecule has 21 heavy (non-hydrogen) atoms. The van der Waals surface area contributed by atoms with Crippen LogP contribution in [0.3, 0.4) is 0 Å². The van der Waals surface area contributed by atoms with E-state index in [1.807, 2.05) is 36.4 Å². The molecule has 0 heterocycles. The molecule has 0 atom stereocenters. The standard InChI is InChI=1S/C17H18N2O2/c1-13(15-7-4-3-5-8-15)11-18-12-16-9-6-10-17(14(16)2)19(20)21/h3-10,18H,1,11-12H2,2H3. The molecule has 1 N–H and O–H groups in total. The Morgan fingerprint density at radius 2 is 1.90 bits per heavy atom. The summed E-state index contributed by atoms with van der Waals surface area (Å²) in [6, 6.07) is 15.1. The molecule has 0 spiro atoms. The smallest absolute Gasteiger partial charge is 0.272 e. The van der Waals surface area contributed by atoms with E-state index in [2.05, 4.69) is 11.9 Å². The highest BCUT2D eigenvalue weighted by molar-refractivity contribution is 5.64. The fraction of sp³-hybridized carbons (Fsp3) is 0.176. The van der Waals surface area contributed by atoms with Crippen LogP contribution in [0, 0.1) is 17.0 Å². The van der Waals surface area contributed by atoms with Crippen molar-refractivity contribution in [1.29, 1.82) is 0 Å². The van der Waals surface area contributed by atoms with Crippen molar-refractivity contribution in [2.75, 3.05) is 6.54 Å². The van der Waals surface area contributed by atoms with Crippen molar-refractivity contribution in [3.05, 3.63) is 81.9 Å². The minimum atomic E-state index is -0.346. The molecule has 0 aliphatic carbocycles. The van der Waals surface area contributed by atoms with Gasteiger partial charge in [0.1, 0.15) is 0 Å². The van der Waals surface area contributed by atoms with Gasteiger partial charge in [0.2, 0.25) is 0 Å². The molecule has 0 aliphatic heterocycles. The summed E-state index contributed by atoms with van der Waals surface area (Å²) < 4.78 is 0. The molecule has 0 saturated carbocycles. The summed E-state index contributed by atoms with van der Waals surface area (Å²) in [6.07, 6.45) is 0. The monoisotopic (exact) mass is 282 g/mol. The van der Waals surface area contributed by atoms with Crippen LogP contribution in [-0.2, 0) is 6.54 Å². The second-order valence-corrected chi connectivity index (χ2v) is 4.89. The lowest BCUT2D eigenvalue weighted by Gasteiger charge is -2.10. The van der Waals surface area contributed by atoms with E-state index in [1.54, 1.807) is 13.0 Å². The summed E-state index contributed by atoms with van der Waals surface area (Å²) in [5.41, 5.74) is 3.90. The first-order chi connectivity index (χ1) is 10.1. The van der Waals surface area contributed by atoms with Crippen molar-refractivity contribution >= 4 is 11.3 Å². The number of rotatable bonds is 6. The zero-order valence-corrected chi connectivity index (χ0v) is 12.0. The van der Waals surface area contributed by atoms with Gasteiger partial charge in [0.25, 0.3) is 5.69 Å². The highest BCUT2D eigenvalue weighted by atomic mass is 16.6. The maximum atomic E-state index is 10.9. The summed E-state index contributed by atoms with van der Waals surface area (Å²) in [5, 5.41) is 14.2. The lowest BCUT2D eigenvalue weighted by atomic mass is 10.1. The minimum absolute atomic E-state index is 0.163. The van der Waals surface area contributed by atoms with Crippen LogP contribution >= 0.6 is 0 Å². The molecule has 2 aromatic rings. The van der Waals surface area contributed by atoms with Gasteiger partial charge in [-0.15, -0.1) is 0 Å². The fourth-order valence-corrected chi connectivity index (χ4v) is 2.18. The van der Waals surface area contributed by atoms with Gasteiger partial charge in [0.15, 0.2) is 0 Å². The summed E-state index contributed by atoms with van der Waals surface area (Å²) in [5.74, 6) is 0. The molecule has 2 aromatic carbocycles. The van der Waals surface area contributed by atoms with Gasteiger partial charge in [-0.1, -0.05) is 49.0 Å². The van der Waals surface area contributed by atoms with Gasteiger partial charge in [-0.3, -0.25) is 10.1 Å². The molecule has 0 radical (unpaired) electrons. The van der Waals surface area contributed by atoms with Crippen LogP contribution in [-0.4, -0.2) is 11.5 Å². The molecule has 0 aromatic heterocycles. The van der Waals surface area contributed by atoms with Crippen molar-refractivity contribution < 1.29 is 4.92 Å². The number of hydrogen-bond acceptors (Lipinski definition) is 3. The third kappa shape index (κ3) is 3.77. The van der Waals surface area contributed by atoms with Crippen LogP contribution in [0.25, 0.3) is 5.57 Å².